The third kappa shape index (κ3) is 7.92. The first kappa shape index (κ1) is 37.1. The average molecular weight is 665 g/mol. The van der Waals surface area contributed by atoms with Crippen molar-refractivity contribution in [1.82, 2.24) is 0 Å². The van der Waals surface area contributed by atoms with Crippen molar-refractivity contribution >= 4 is 11.8 Å². The lowest BCUT2D eigenvalue weighted by Gasteiger charge is -2.58. The number of hydrogen-bond donors (Lipinski definition) is 4. The van der Waals surface area contributed by atoms with Gasteiger partial charge in [-0.1, -0.05) is 78.4 Å². The Kier molecular flexibility index (Phi) is 13.1. The molecule has 4 fully saturated rings. The number of aliphatic hydroxyl groups is 4. The molecule has 4 aliphatic carbocycles. The maximum Gasteiger partial charge on any atom is 0.132 e. The van der Waals surface area contributed by atoms with Gasteiger partial charge in [0, 0.05) is 6.61 Å². The van der Waals surface area contributed by atoms with Gasteiger partial charge in [-0.3, -0.25) is 0 Å². The minimum absolute atomic E-state index is 0.369. The Morgan fingerprint density at radius 3 is 2.43 bits per heavy atom. The van der Waals surface area contributed by atoms with Gasteiger partial charge < -0.3 is 29.9 Å². The molecule has 0 aromatic rings. The summed E-state index contributed by atoms with van der Waals surface area (Å²) in [6.45, 7) is 13.1. The van der Waals surface area contributed by atoms with Crippen molar-refractivity contribution in [2.24, 2.45) is 46.3 Å². The predicted molar refractivity (Wildman–Crippen MR) is 187 cm³/mol. The van der Waals surface area contributed by atoms with E-state index in [0.29, 0.717) is 16.9 Å². The number of rotatable bonds is 15. The lowest BCUT2D eigenvalue weighted by molar-refractivity contribution is -0.205. The fourth-order valence-electron chi connectivity index (χ4n) is 11.0. The van der Waals surface area contributed by atoms with Gasteiger partial charge in [0.05, 0.1) is 12.7 Å². The molecular formula is C39H68O6S. The standard InChI is InChI=1S/C39H68O6S/c1-25(2)11-10-12-26(3)30-15-16-31-29-14-13-27-23-28(17-19-38(27,4)32(29)18-20-39(30,31)5)44-21-8-6-7-9-22-46-37-36(43)35(42)34(41)33(24-40)45-37/h13,25-26,28-37,40-43H,6-12,14-24H2,1-5H3/t26?,28-,29?,30+,31-,32-,33-,34+,35-,36+,37+,38-,39+/m0/s1. The molecule has 266 valence electrons. The van der Waals surface area contributed by atoms with Crippen LogP contribution in [0.5, 0.6) is 0 Å². The third-order valence-corrected chi connectivity index (χ3v) is 15.0. The molecule has 4 N–H and O–H groups in total. The molecule has 1 saturated heterocycles. The fourth-order valence-corrected chi connectivity index (χ4v) is 12.2. The van der Waals surface area contributed by atoms with Crippen molar-refractivity contribution in [2.75, 3.05) is 19.0 Å². The topological polar surface area (TPSA) is 99.4 Å². The third-order valence-electron chi connectivity index (χ3n) is 13.8. The molecular weight excluding hydrogens is 596 g/mol. The summed E-state index contributed by atoms with van der Waals surface area (Å²) < 4.78 is 12.1. The zero-order valence-corrected chi connectivity index (χ0v) is 30.6. The van der Waals surface area contributed by atoms with Crippen LogP contribution in [0.1, 0.15) is 131 Å². The maximum absolute atomic E-state index is 10.2. The Morgan fingerprint density at radius 2 is 1.67 bits per heavy atom. The van der Waals surface area contributed by atoms with Gasteiger partial charge >= 0.3 is 0 Å². The molecule has 13 atom stereocenters. The highest BCUT2D eigenvalue weighted by Gasteiger charge is 2.59. The summed E-state index contributed by atoms with van der Waals surface area (Å²) >= 11 is 1.45. The summed E-state index contributed by atoms with van der Waals surface area (Å²) in [6.07, 6.45) is 17.7. The van der Waals surface area contributed by atoms with E-state index in [-0.39, 0.29) is 6.61 Å². The van der Waals surface area contributed by atoms with Crippen LogP contribution in [0.25, 0.3) is 0 Å². The minimum atomic E-state index is -1.29. The SMILES string of the molecule is CC(C)CCCC(C)[C@H]1CC[C@H]2C3CC=C4C[C@@H](OCCCCCCS[C@H]5O[C@@H](CO)[C@@H](O)[C@H](O)[C@H]5O)CC[C@]4(C)[C@H]3CC[C@]12C. The van der Waals surface area contributed by atoms with Crippen molar-refractivity contribution in [2.45, 2.75) is 167 Å². The molecule has 7 heteroatoms. The molecule has 3 saturated carbocycles. The van der Waals surface area contributed by atoms with Crippen LogP contribution in [-0.2, 0) is 9.47 Å². The highest BCUT2D eigenvalue weighted by molar-refractivity contribution is 7.99. The summed E-state index contributed by atoms with van der Waals surface area (Å²) in [5, 5.41) is 39.5. The first-order valence-electron chi connectivity index (χ1n) is 19.2. The van der Waals surface area contributed by atoms with E-state index in [2.05, 4.69) is 40.7 Å². The smallest absolute Gasteiger partial charge is 0.132 e. The van der Waals surface area contributed by atoms with E-state index in [1.807, 2.05) is 0 Å². The van der Waals surface area contributed by atoms with Gasteiger partial charge in [-0.2, -0.15) is 0 Å². The summed E-state index contributed by atoms with van der Waals surface area (Å²) in [5.74, 6) is 6.10. The molecule has 0 bridgehead atoms. The molecule has 0 radical (unpaired) electrons. The Balaban J connectivity index is 1.02. The van der Waals surface area contributed by atoms with Gasteiger partial charge in [-0.25, -0.2) is 0 Å². The quantitative estimate of drug-likeness (QED) is 0.106. The highest BCUT2D eigenvalue weighted by Crippen LogP contribution is 2.67. The molecule has 1 aliphatic heterocycles. The van der Waals surface area contributed by atoms with Crippen LogP contribution in [-0.4, -0.2) is 75.3 Å². The van der Waals surface area contributed by atoms with Crippen molar-refractivity contribution in [3.63, 3.8) is 0 Å². The van der Waals surface area contributed by atoms with Gasteiger partial charge in [-0.05, 0) is 116 Å². The lowest BCUT2D eigenvalue weighted by Crippen LogP contribution is -2.57. The van der Waals surface area contributed by atoms with Gasteiger partial charge in [0.2, 0.25) is 0 Å². The van der Waals surface area contributed by atoms with Crippen LogP contribution in [0.4, 0.5) is 0 Å². The van der Waals surface area contributed by atoms with Crippen molar-refractivity contribution < 1.29 is 29.9 Å². The van der Waals surface area contributed by atoms with E-state index in [1.165, 1.54) is 76.0 Å². The minimum Gasteiger partial charge on any atom is -0.394 e. The largest absolute Gasteiger partial charge is 0.394 e. The van der Waals surface area contributed by atoms with Crippen molar-refractivity contribution in [3.05, 3.63) is 11.6 Å². The molecule has 1 heterocycles. The summed E-state index contributed by atoms with van der Waals surface area (Å²) in [7, 11) is 0. The Bertz CT molecular complexity index is 988. The van der Waals surface area contributed by atoms with E-state index in [1.54, 1.807) is 5.57 Å². The average Bonchev–Trinajstić information content (AvgIpc) is 3.39. The van der Waals surface area contributed by atoms with Crippen molar-refractivity contribution in [1.29, 1.82) is 0 Å². The highest BCUT2D eigenvalue weighted by atomic mass is 32.2. The van der Waals surface area contributed by atoms with Gasteiger partial charge in [0.25, 0.3) is 0 Å². The summed E-state index contributed by atoms with van der Waals surface area (Å²) in [6, 6.07) is 0. The molecule has 0 aromatic carbocycles. The fraction of sp³-hybridized carbons (Fsp3) is 0.949. The summed E-state index contributed by atoms with van der Waals surface area (Å²) in [5.41, 5.74) is 2.03. The van der Waals surface area contributed by atoms with Crippen LogP contribution in [0.3, 0.4) is 0 Å². The molecule has 0 aromatic heterocycles. The van der Waals surface area contributed by atoms with E-state index in [4.69, 9.17) is 9.47 Å². The van der Waals surface area contributed by atoms with Gasteiger partial charge in [0.1, 0.15) is 29.9 Å². The zero-order chi connectivity index (χ0) is 33.1. The molecule has 5 aliphatic rings. The number of unbranched alkanes of at least 4 members (excludes halogenated alkanes) is 3. The number of hydrogen-bond acceptors (Lipinski definition) is 7. The van der Waals surface area contributed by atoms with Crippen LogP contribution in [0.15, 0.2) is 11.6 Å². The second kappa shape index (κ2) is 16.2. The first-order valence-corrected chi connectivity index (χ1v) is 20.3. The normalized spacial score (nSPS) is 43.1. The number of ether oxygens (including phenoxy) is 2. The van der Waals surface area contributed by atoms with E-state index in [9.17, 15) is 20.4 Å². The Labute approximate surface area is 284 Å². The number of fused-ring (bicyclic) bond motifs is 5. The molecule has 5 rings (SSSR count). The van der Waals surface area contributed by atoms with E-state index >= 15 is 0 Å². The molecule has 0 spiro atoms. The number of thioether (sulfide) groups is 1. The van der Waals surface area contributed by atoms with Crippen LogP contribution in [0.2, 0.25) is 0 Å². The monoisotopic (exact) mass is 664 g/mol. The van der Waals surface area contributed by atoms with Gasteiger partial charge in [0.15, 0.2) is 0 Å². The molecule has 2 unspecified atom stereocenters. The van der Waals surface area contributed by atoms with E-state index < -0.39 is 29.9 Å². The first-order chi connectivity index (χ1) is 22.0. The zero-order valence-electron chi connectivity index (χ0n) is 29.7. The van der Waals surface area contributed by atoms with Crippen LogP contribution >= 0.6 is 11.8 Å². The lowest BCUT2D eigenvalue weighted by atomic mass is 9.47. The Hall–Kier alpha value is -0.150. The molecule has 6 nitrogen and oxygen atoms in total. The molecule has 46 heavy (non-hydrogen) atoms. The van der Waals surface area contributed by atoms with Crippen molar-refractivity contribution in [3.8, 4) is 0 Å². The van der Waals surface area contributed by atoms with Gasteiger partial charge in [-0.15, -0.1) is 11.8 Å². The Morgan fingerprint density at radius 1 is 0.891 bits per heavy atom. The second-order valence-corrected chi connectivity index (χ2v) is 18.2. The number of allylic oxidation sites excluding steroid dienone is 1. The molecule has 0 amide bonds. The summed E-state index contributed by atoms with van der Waals surface area (Å²) in [4.78, 5) is 0. The maximum atomic E-state index is 10.2. The van der Waals surface area contributed by atoms with Crippen LogP contribution in [0, 0.1) is 46.3 Å². The number of aliphatic hydroxyl groups excluding tert-OH is 4. The predicted octanol–water partition coefficient (Wildman–Crippen LogP) is 7.51. The second-order valence-electron chi connectivity index (χ2n) is 17.0. The van der Waals surface area contributed by atoms with Crippen LogP contribution < -0.4 is 0 Å². The van der Waals surface area contributed by atoms with E-state index in [0.717, 1.165) is 80.0 Å².